The predicted molar refractivity (Wildman–Crippen MR) is 113 cm³/mol. The summed E-state index contributed by atoms with van der Waals surface area (Å²) in [6.45, 7) is 4.06. The van der Waals surface area contributed by atoms with Gasteiger partial charge in [0.2, 0.25) is 0 Å². The van der Waals surface area contributed by atoms with Gasteiger partial charge in [-0.3, -0.25) is 14.5 Å². The molecular formula is C21H19N5OS. The number of carbonyl (C=O) groups is 1. The van der Waals surface area contributed by atoms with Crippen LogP contribution in [-0.4, -0.2) is 25.8 Å². The third-order valence-electron chi connectivity index (χ3n) is 4.32. The summed E-state index contributed by atoms with van der Waals surface area (Å²) in [4.78, 5) is 21.7. The minimum absolute atomic E-state index is 0.155. The van der Waals surface area contributed by atoms with Crippen LogP contribution in [0.5, 0.6) is 0 Å². The summed E-state index contributed by atoms with van der Waals surface area (Å²) in [7, 11) is 1.86. The molecule has 4 rings (SSSR count). The fourth-order valence-electron chi connectivity index (χ4n) is 3.01. The minimum Gasteiger partial charge on any atom is -0.300 e. The summed E-state index contributed by atoms with van der Waals surface area (Å²) in [6.07, 6.45) is 7.21. The van der Waals surface area contributed by atoms with Crippen molar-refractivity contribution in [2.24, 2.45) is 12.0 Å². The number of aryl methyl sites for hydroxylation is 3. The molecule has 1 fully saturated rings. The molecule has 0 radical (unpaired) electrons. The quantitative estimate of drug-likeness (QED) is 0.688. The zero-order valence-electron chi connectivity index (χ0n) is 15.8. The van der Waals surface area contributed by atoms with Crippen LogP contribution >= 0.6 is 11.8 Å². The van der Waals surface area contributed by atoms with Crippen molar-refractivity contribution in [3.05, 3.63) is 70.5 Å². The van der Waals surface area contributed by atoms with Crippen LogP contribution in [0.1, 0.15) is 16.7 Å². The topological polar surface area (TPSA) is 72.2 Å². The van der Waals surface area contributed by atoms with Gasteiger partial charge in [-0.15, -0.1) is 0 Å². The second-order valence-corrected chi connectivity index (χ2v) is 7.64. The van der Waals surface area contributed by atoms with Crippen molar-refractivity contribution in [2.75, 3.05) is 0 Å². The Kier molecular flexibility index (Phi) is 4.83. The van der Waals surface area contributed by atoms with Crippen molar-refractivity contribution in [1.82, 2.24) is 20.1 Å². The molecule has 1 saturated heterocycles. The second-order valence-electron chi connectivity index (χ2n) is 6.61. The van der Waals surface area contributed by atoms with E-state index in [9.17, 15) is 4.79 Å². The van der Waals surface area contributed by atoms with Gasteiger partial charge in [0, 0.05) is 36.8 Å². The number of hydrogen-bond donors (Lipinski definition) is 1. The van der Waals surface area contributed by atoms with Crippen molar-refractivity contribution >= 4 is 34.6 Å². The zero-order chi connectivity index (χ0) is 19.7. The lowest BCUT2D eigenvalue weighted by Crippen LogP contribution is -2.19. The Morgan fingerprint density at radius 1 is 1.18 bits per heavy atom. The highest BCUT2D eigenvalue weighted by atomic mass is 32.2. The number of pyridine rings is 1. The number of nitrogens with one attached hydrogen (secondary N) is 1. The van der Waals surface area contributed by atoms with Crippen LogP contribution in [0.3, 0.4) is 0 Å². The standard InChI is InChI=1S/C21H19N5OS/c1-13-4-5-17(14(2)10-13)23-21-24-20(27)18(28-21)11-16-12-26(3)25-19(16)15-6-8-22-9-7-15/h4-12H,1-3H3,(H,23,24,27)/b18-11-. The van der Waals surface area contributed by atoms with Gasteiger partial charge in [0.1, 0.15) is 0 Å². The van der Waals surface area contributed by atoms with Gasteiger partial charge < -0.3 is 5.32 Å². The summed E-state index contributed by atoms with van der Waals surface area (Å²) in [6, 6.07) is 9.86. The van der Waals surface area contributed by atoms with E-state index >= 15 is 0 Å². The molecule has 0 unspecified atom stereocenters. The summed E-state index contributed by atoms with van der Waals surface area (Å²) in [5.41, 5.74) is 5.76. The number of amidine groups is 1. The molecule has 28 heavy (non-hydrogen) atoms. The van der Waals surface area contributed by atoms with Gasteiger partial charge in [-0.05, 0) is 55.4 Å². The zero-order valence-corrected chi connectivity index (χ0v) is 16.6. The van der Waals surface area contributed by atoms with Crippen molar-refractivity contribution < 1.29 is 4.79 Å². The molecule has 2 aromatic heterocycles. The SMILES string of the molecule is Cc1ccc(N=C2NC(=O)/C(=C/c3cn(C)nc3-c3ccncc3)S2)c(C)c1. The van der Waals surface area contributed by atoms with Gasteiger partial charge >= 0.3 is 0 Å². The molecule has 7 heteroatoms. The normalized spacial score (nSPS) is 16.8. The van der Waals surface area contributed by atoms with Gasteiger partial charge in [0.05, 0.1) is 16.3 Å². The lowest BCUT2D eigenvalue weighted by Gasteiger charge is -2.02. The largest absolute Gasteiger partial charge is 0.300 e. The molecule has 140 valence electrons. The number of aliphatic imine (C=N–C) groups is 1. The number of carbonyl (C=O) groups excluding carboxylic acids is 1. The maximum absolute atomic E-state index is 12.5. The first kappa shape index (κ1) is 18.2. The summed E-state index contributed by atoms with van der Waals surface area (Å²) in [5.74, 6) is -0.155. The van der Waals surface area contributed by atoms with Crippen LogP contribution in [0.15, 0.2) is 58.8 Å². The number of hydrogen-bond acceptors (Lipinski definition) is 5. The van der Waals surface area contributed by atoms with Gasteiger partial charge in [-0.25, -0.2) is 4.99 Å². The highest BCUT2D eigenvalue weighted by Gasteiger charge is 2.25. The van der Waals surface area contributed by atoms with E-state index in [1.54, 1.807) is 17.1 Å². The molecule has 0 atom stereocenters. The number of rotatable bonds is 3. The molecule has 1 aliphatic rings. The first-order valence-electron chi connectivity index (χ1n) is 8.80. The van der Waals surface area contributed by atoms with Gasteiger partial charge in [0.25, 0.3) is 5.91 Å². The average molecular weight is 389 g/mol. The first-order valence-corrected chi connectivity index (χ1v) is 9.62. The van der Waals surface area contributed by atoms with Crippen molar-refractivity contribution in [3.8, 4) is 11.3 Å². The highest BCUT2D eigenvalue weighted by Crippen LogP contribution is 2.31. The van der Waals surface area contributed by atoms with E-state index in [1.807, 2.05) is 57.4 Å². The Morgan fingerprint density at radius 2 is 1.96 bits per heavy atom. The molecule has 0 bridgehead atoms. The Labute approximate surface area is 167 Å². The number of aromatic nitrogens is 3. The van der Waals surface area contributed by atoms with E-state index in [0.717, 1.165) is 28.1 Å². The van der Waals surface area contributed by atoms with Crippen LogP contribution in [0.25, 0.3) is 17.3 Å². The molecule has 6 nitrogen and oxygen atoms in total. The molecule has 0 aliphatic carbocycles. The average Bonchev–Trinajstić information content (AvgIpc) is 3.20. The van der Waals surface area contributed by atoms with E-state index in [4.69, 9.17) is 0 Å². The van der Waals surface area contributed by atoms with E-state index in [2.05, 4.69) is 26.5 Å². The molecule has 3 aromatic rings. The van der Waals surface area contributed by atoms with Gasteiger partial charge in [-0.2, -0.15) is 5.10 Å². The van der Waals surface area contributed by atoms with E-state index in [1.165, 1.54) is 17.3 Å². The van der Waals surface area contributed by atoms with Crippen LogP contribution in [0.4, 0.5) is 5.69 Å². The molecular weight excluding hydrogens is 370 g/mol. The molecule has 0 saturated carbocycles. The molecule has 1 amide bonds. The van der Waals surface area contributed by atoms with Crippen LogP contribution in [0.2, 0.25) is 0 Å². The van der Waals surface area contributed by atoms with Crippen molar-refractivity contribution in [1.29, 1.82) is 0 Å². The number of nitrogens with zero attached hydrogens (tertiary/aromatic N) is 4. The van der Waals surface area contributed by atoms with Gasteiger partial charge in [0.15, 0.2) is 5.17 Å². The van der Waals surface area contributed by atoms with Crippen molar-refractivity contribution in [3.63, 3.8) is 0 Å². The Hall–Kier alpha value is -3.19. The van der Waals surface area contributed by atoms with Crippen molar-refractivity contribution in [2.45, 2.75) is 13.8 Å². The number of thioether (sulfide) groups is 1. The van der Waals surface area contributed by atoms with Crippen LogP contribution in [-0.2, 0) is 11.8 Å². The second kappa shape index (κ2) is 7.44. The van der Waals surface area contributed by atoms with E-state index < -0.39 is 0 Å². The Bertz CT molecular complexity index is 1120. The summed E-state index contributed by atoms with van der Waals surface area (Å²) in [5, 5.41) is 7.96. The summed E-state index contributed by atoms with van der Waals surface area (Å²) < 4.78 is 1.74. The predicted octanol–water partition coefficient (Wildman–Crippen LogP) is 3.99. The third kappa shape index (κ3) is 3.75. The lowest BCUT2D eigenvalue weighted by atomic mass is 10.1. The molecule has 1 aromatic carbocycles. The summed E-state index contributed by atoms with van der Waals surface area (Å²) >= 11 is 1.34. The molecule has 0 spiro atoms. The maximum atomic E-state index is 12.5. The molecule has 3 heterocycles. The maximum Gasteiger partial charge on any atom is 0.264 e. The Balaban J connectivity index is 1.65. The van der Waals surface area contributed by atoms with Crippen LogP contribution < -0.4 is 5.32 Å². The van der Waals surface area contributed by atoms with E-state index in [0.29, 0.717) is 10.1 Å². The lowest BCUT2D eigenvalue weighted by molar-refractivity contribution is -0.115. The smallest absolute Gasteiger partial charge is 0.264 e. The minimum atomic E-state index is -0.155. The number of amides is 1. The fourth-order valence-corrected chi connectivity index (χ4v) is 3.83. The number of benzene rings is 1. The van der Waals surface area contributed by atoms with Crippen LogP contribution in [0, 0.1) is 13.8 Å². The van der Waals surface area contributed by atoms with E-state index in [-0.39, 0.29) is 5.91 Å². The Morgan fingerprint density at radius 3 is 2.71 bits per heavy atom. The monoisotopic (exact) mass is 389 g/mol. The highest BCUT2D eigenvalue weighted by molar-refractivity contribution is 8.18. The molecule has 1 aliphatic heterocycles. The fraction of sp³-hybridized carbons (Fsp3) is 0.143. The first-order chi connectivity index (χ1) is 13.5. The third-order valence-corrected chi connectivity index (χ3v) is 5.23. The van der Waals surface area contributed by atoms with Gasteiger partial charge in [-0.1, -0.05) is 17.7 Å². The molecule has 1 N–H and O–H groups in total.